The first-order chi connectivity index (χ1) is 9.74. The fraction of sp³-hybridized carbons (Fsp3) is 0.357. The molecule has 1 aliphatic rings. The maximum atomic E-state index is 11.4. The minimum atomic E-state index is -0.469. The molecule has 1 aliphatic heterocycles. The van der Waals surface area contributed by atoms with Crippen LogP contribution in [0, 0.1) is 0 Å². The number of rotatable bonds is 6. The lowest BCUT2D eigenvalue weighted by atomic mass is 10.2. The van der Waals surface area contributed by atoms with Crippen molar-refractivity contribution in [2.45, 2.75) is 19.4 Å². The van der Waals surface area contributed by atoms with Crippen LogP contribution in [0.2, 0.25) is 0 Å². The van der Waals surface area contributed by atoms with Crippen molar-refractivity contribution in [2.24, 2.45) is 5.16 Å². The molecule has 0 radical (unpaired) electrons. The molecule has 106 valence electrons. The molecule has 1 heterocycles. The Balaban J connectivity index is 1.85. The van der Waals surface area contributed by atoms with E-state index in [9.17, 15) is 9.59 Å². The molecule has 0 saturated carbocycles. The van der Waals surface area contributed by atoms with E-state index in [2.05, 4.69) is 5.16 Å². The van der Waals surface area contributed by atoms with Gasteiger partial charge in [0.2, 0.25) is 0 Å². The molecule has 0 spiro atoms. The highest BCUT2D eigenvalue weighted by Gasteiger charge is 2.27. The van der Waals surface area contributed by atoms with E-state index in [0.29, 0.717) is 24.3 Å². The number of hydrogen-bond donors (Lipinski definition) is 0. The molecule has 0 bridgehead atoms. The van der Waals surface area contributed by atoms with E-state index in [1.54, 1.807) is 31.2 Å². The van der Waals surface area contributed by atoms with Crippen LogP contribution in [-0.4, -0.2) is 37.3 Å². The van der Waals surface area contributed by atoms with Crippen LogP contribution in [-0.2, 0) is 14.4 Å². The van der Waals surface area contributed by atoms with Crippen molar-refractivity contribution < 1.29 is 23.9 Å². The maximum absolute atomic E-state index is 11.4. The van der Waals surface area contributed by atoms with E-state index in [0.717, 1.165) is 6.29 Å². The van der Waals surface area contributed by atoms with Gasteiger partial charge >= 0.3 is 5.97 Å². The molecular weight excluding hydrogens is 262 g/mol. The smallest absolute Gasteiger partial charge is 0.356 e. The number of ether oxygens (including phenoxy) is 2. The van der Waals surface area contributed by atoms with Crippen LogP contribution in [0.1, 0.15) is 23.7 Å². The number of hydrogen-bond acceptors (Lipinski definition) is 6. The largest absolute Gasteiger partial charge is 0.489 e. The van der Waals surface area contributed by atoms with Gasteiger partial charge in [-0.05, 0) is 19.1 Å². The van der Waals surface area contributed by atoms with Crippen molar-refractivity contribution in [3.8, 4) is 5.75 Å². The molecule has 2 rings (SSSR count). The van der Waals surface area contributed by atoms with Gasteiger partial charge in [-0.3, -0.25) is 4.79 Å². The molecule has 1 aromatic rings. The van der Waals surface area contributed by atoms with Crippen LogP contribution in [0.4, 0.5) is 0 Å². The highest BCUT2D eigenvalue weighted by Crippen LogP contribution is 2.18. The van der Waals surface area contributed by atoms with E-state index in [1.165, 1.54) is 0 Å². The Morgan fingerprint density at radius 2 is 2.30 bits per heavy atom. The van der Waals surface area contributed by atoms with Crippen LogP contribution < -0.4 is 4.74 Å². The summed E-state index contributed by atoms with van der Waals surface area (Å²) >= 11 is 0. The topological polar surface area (TPSA) is 74.2 Å². The Morgan fingerprint density at radius 1 is 1.50 bits per heavy atom. The predicted molar refractivity (Wildman–Crippen MR) is 70.9 cm³/mol. The molecule has 0 aliphatic carbocycles. The van der Waals surface area contributed by atoms with Gasteiger partial charge < -0.3 is 14.3 Å². The lowest BCUT2D eigenvalue weighted by Gasteiger charge is -2.11. The molecule has 0 N–H and O–H groups in total. The van der Waals surface area contributed by atoms with Crippen LogP contribution in [0.25, 0.3) is 0 Å². The van der Waals surface area contributed by atoms with E-state index in [1.807, 2.05) is 0 Å². The van der Waals surface area contributed by atoms with E-state index < -0.39 is 5.97 Å². The monoisotopic (exact) mass is 277 g/mol. The predicted octanol–water partition coefficient (Wildman–Crippen LogP) is 1.59. The average Bonchev–Trinajstić information content (AvgIpc) is 2.94. The minimum Gasteiger partial charge on any atom is -0.489 e. The second kappa shape index (κ2) is 6.70. The summed E-state index contributed by atoms with van der Waals surface area (Å²) in [5.74, 6) is 0.0129. The summed E-state index contributed by atoms with van der Waals surface area (Å²) in [4.78, 5) is 27.4. The summed E-state index contributed by atoms with van der Waals surface area (Å²) in [6.45, 7) is 2.23. The lowest BCUT2D eigenvalue weighted by Crippen LogP contribution is -2.22. The minimum absolute atomic E-state index is 0.206. The highest BCUT2D eigenvalue weighted by molar-refractivity contribution is 6.36. The quantitative estimate of drug-likeness (QED) is 0.583. The number of para-hydroxylation sites is 1. The van der Waals surface area contributed by atoms with Crippen LogP contribution in [0.15, 0.2) is 29.4 Å². The summed E-state index contributed by atoms with van der Waals surface area (Å²) in [6, 6.07) is 6.90. The molecule has 0 saturated heterocycles. The Labute approximate surface area is 116 Å². The lowest BCUT2D eigenvalue weighted by molar-refractivity contribution is -0.135. The number of oxime groups is 1. The van der Waals surface area contributed by atoms with Gasteiger partial charge in [0.15, 0.2) is 18.1 Å². The molecule has 0 unspecified atom stereocenters. The summed E-state index contributed by atoms with van der Waals surface area (Å²) in [7, 11) is 0. The van der Waals surface area contributed by atoms with Crippen LogP contribution in [0.5, 0.6) is 5.75 Å². The third-order valence-corrected chi connectivity index (χ3v) is 2.71. The zero-order chi connectivity index (χ0) is 14.4. The van der Waals surface area contributed by atoms with Crippen molar-refractivity contribution in [3.63, 3.8) is 0 Å². The Bertz CT molecular complexity index is 526. The van der Waals surface area contributed by atoms with Gasteiger partial charge in [0.05, 0.1) is 12.2 Å². The van der Waals surface area contributed by atoms with E-state index in [4.69, 9.17) is 14.3 Å². The summed E-state index contributed by atoms with van der Waals surface area (Å²) in [6.07, 6.45) is 0.710. The van der Waals surface area contributed by atoms with Crippen molar-refractivity contribution in [2.75, 3.05) is 13.2 Å². The first kappa shape index (κ1) is 14.0. The molecule has 0 fully saturated rings. The number of benzene rings is 1. The van der Waals surface area contributed by atoms with Crippen molar-refractivity contribution in [3.05, 3.63) is 29.8 Å². The number of nitrogens with zero attached hydrogens (tertiary/aromatic N) is 1. The summed E-state index contributed by atoms with van der Waals surface area (Å²) in [5.41, 5.74) is 0.723. The number of aldehydes is 1. The second-order valence-electron chi connectivity index (χ2n) is 4.16. The zero-order valence-electron chi connectivity index (χ0n) is 11.1. The number of carbonyl (C=O) groups is 2. The van der Waals surface area contributed by atoms with E-state index >= 15 is 0 Å². The number of esters is 1. The van der Waals surface area contributed by atoms with Gasteiger partial charge in [-0.15, -0.1) is 0 Å². The van der Waals surface area contributed by atoms with Gasteiger partial charge in [-0.25, -0.2) is 4.79 Å². The van der Waals surface area contributed by atoms with Crippen molar-refractivity contribution in [1.82, 2.24) is 0 Å². The molecular formula is C14H15NO5. The van der Waals surface area contributed by atoms with Gasteiger partial charge in [0.1, 0.15) is 12.4 Å². The molecule has 1 aromatic carbocycles. The molecule has 0 amide bonds. The van der Waals surface area contributed by atoms with Gasteiger partial charge in [-0.2, -0.15) is 0 Å². The average molecular weight is 277 g/mol. The van der Waals surface area contributed by atoms with Crippen LogP contribution in [0.3, 0.4) is 0 Å². The Kier molecular flexibility index (Phi) is 4.70. The fourth-order valence-corrected chi connectivity index (χ4v) is 1.74. The second-order valence-corrected chi connectivity index (χ2v) is 4.16. The van der Waals surface area contributed by atoms with Gasteiger partial charge in [0, 0.05) is 6.42 Å². The fourth-order valence-electron chi connectivity index (χ4n) is 1.74. The Hall–Kier alpha value is -2.37. The molecule has 0 aromatic heterocycles. The van der Waals surface area contributed by atoms with Gasteiger partial charge in [-0.1, -0.05) is 17.3 Å². The van der Waals surface area contributed by atoms with Crippen LogP contribution >= 0.6 is 0 Å². The molecule has 6 nitrogen and oxygen atoms in total. The zero-order valence-corrected chi connectivity index (χ0v) is 11.1. The highest BCUT2D eigenvalue weighted by atomic mass is 16.7. The molecule has 1 atom stereocenters. The Morgan fingerprint density at radius 3 is 3.05 bits per heavy atom. The third-order valence-electron chi connectivity index (χ3n) is 2.71. The van der Waals surface area contributed by atoms with Gasteiger partial charge in [0.25, 0.3) is 0 Å². The summed E-state index contributed by atoms with van der Waals surface area (Å²) < 4.78 is 10.4. The number of carbonyl (C=O) groups excluding carboxylic acids is 2. The SMILES string of the molecule is CCOC(=O)C1=NO[C@@H](COc2ccccc2C=O)C1. The van der Waals surface area contributed by atoms with Crippen molar-refractivity contribution in [1.29, 1.82) is 0 Å². The normalized spacial score (nSPS) is 17.1. The molecule has 6 heteroatoms. The van der Waals surface area contributed by atoms with E-state index in [-0.39, 0.29) is 18.4 Å². The standard InChI is InChI=1S/C14H15NO5/c1-2-18-14(17)12-7-11(20-15-12)9-19-13-6-4-3-5-10(13)8-16/h3-6,8,11H,2,7,9H2,1H3/t11-/m1/s1. The molecule has 20 heavy (non-hydrogen) atoms. The third kappa shape index (κ3) is 3.34. The first-order valence-electron chi connectivity index (χ1n) is 6.31. The van der Waals surface area contributed by atoms with Crippen molar-refractivity contribution >= 4 is 18.0 Å². The summed E-state index contributed by atoms with van der Waals surface area (Å²) in [5, 5.41) is 3.68. The first-order valence-corrected chi connectivity index (χ1v) is 6.31. The maximum Gasteiger partial charge on any atom is 0.356 e.